The number of nitrogens with one attached hydrogen (secondary N) is 1. The third-order valence-corrected chi connectivity index (χ3v) is 4.20. The van der Waals surface area contributed by atoms with E-state index in [9.17, 15) is 4.79 Å². The summed E-state index contributed by atoms with van der Waals surface area (Å²) in [5, 5.41) is 9.00. The molecule has 0 atom stereocenters. The average molecular weight is 276 g/mol. The smallest absolute Gasteiger partial charge is 0.276 e. The molecule has 1 fully saturated rings. The Hall–Kier alpha value is -1.82. The molecule has 0 unspecified atom stereocenters. The molecule has 0 bridgehead atoms. The van der Waals surface area contributed by atoms with E-state index in [1.165, 1.54) is 0 Å². The molecule has 3 rings (SSSR count). The lowest BCUT2D eigenvalue weighted by Gasteiger charge is -2.15. The lowest BCUT2D eigenvalue weighted by atomic mass is 10.2. The fraction of sp³-hybridized carbons (Fsp3) is 0.385. The van der Waals surface area contributed by atoms with Crippen LogP contribution in [0.25, 0.3) is 0 Å². The summed E-state index contributed by atoms with van der Waals surface area (Å²) in [7, 11) is 1.77. The molecule has 3 N–H and O–H groups in total. The highest BCUT2D eigenvalue weighted by Crippen LogP contribution is 2.42. The third-order valence-electron chi connectivity index (χ3n) is 3.34. The van der Waals surface area contributed by atoms with Gasteiger partial charge in [-0.15, -0.1) is 11.3 Å². The molecule has 1 aliphatic carbocycles. The predicted molar refractivity (Wildman–Crippen MR) is 75.1 cm³/mol. The number of carbonyl (C=O) groups excluding carboxylic acids is 1. The van der Waals surface area contributed by atoms with Crippen LogP contribution in [0.4, 0.5) is 5.69 Å². The summed E-state index contributed by atoms with van der Waals surface area (Å²) >= 11 is 1.63. The van der Waals surface area contributed by atoms with Gasteiger partial charge in [0, 0.05) is 17.8 Å². The van der Waals surface area contributed by atoms with Crippen molar-refractivity contribution in [1.82, 2.24) is 15.1 Å². The molecule has 1 aliphatic rings. The summed E-state index contributed by atoms with van der Waals surface area (Å²) in [5.74, 6) is 0.339. The Morgan fingerprint density at radius 3 is 3.05 bits per heavy atom. The molecule has 6 heteroatoms. The van der Waals surface area contributed by atoms with Crippen molar-refractivity contribution in [3.05, 3.63) is 33.8 Å². The highest BCUT2D eigenvalue weighted by Gasteiger charge is 2.31. The standard InChI is InChI=1S/C13H16N4OS/c1-17(7-9-3-2-6-19-9)13(18)12-10(14)11(15-16-12)8-4-5-8/h2-3,6,8H,4-5,7,14H2,1H3,(H,15,16). The van der Waals surface area contributed by atoms with Crippen LogP contribution in [0.15, 0.2) is 17.5 Å². The van der Waals surface area contributed by atoms with Crippen LogP contribution >= 0.6 is 11.3 Å². The lowest BCUT2D eigenvalue weighted by molar-refractivity contribution is 0.0781. The maximum atomic E-state index is 12.3. The van der Waals surface area contributed by atoms with E-state index in [1.807, 2.05) is 17.5 Å². The van der Waals surface area contributed by atoms with E-state index in [-0.39, 0.29) is 5.91 Å². The van der Waals surface area contributed by atoms with Gasteiger partial charge in [0.15, 0.2) is 5.69 Å². The van der Waals surface area contributed by atoms with Gasteiger partial charge in [0.1, 0.15) is 0 Å². The number of hydrogen-bond donors (Lipinski definition) is 2. The SMILES string of the molecule is CN(Cc1cccs1)C(=O)c1n[nH]c(C2CC2)c1N. The zero-order valence-electron chi connectivity index (χ0n) is 10.7. The first-order valence-electron chi connectivity index (χ1n) is 6.28. The van der Waals surface area contributed by atoms with E-state index >= 15 is 0 Å². The number of amides is 1. The Bertz CT molecular complexity index is 586. The van der Waals surface area contributed by atoms with Gasteiger partial charge in [0.25, 0.3) is 5.91 Å². The normalized spacial score (nSPS) is 14.6. The van der Waals surface area contributed by atoms with Crippen LogP contribution in [-0.4, -0.2) is 28.1 Å². The predicted octanol–water partition coefficient (Wildman–Crippen LogP) is 2.20. The second kappa shape index (κ2) is 4.70. The van der Waals surface area contributed by atoms with E-state index in [0.717, 1.165) is 23.4 Å². The molecule has 19 heavy (non-hydrogen) atoms. The molecule has 0 saturated heterocycles. The van der Waals surface area contributed by atoms with Crippen molar-refractivity contribution >= 4 is 22.9 Å². The molecular weight excluding hydrogens is 260 g/mol. The summed E-state index contributed by atoms with van der Waals surface area (Å²) in [6.07, 6.45) is 2.26. The van der Waals surface area contributed by atoms with Gasteiger partial charge in [-0.25, -0.2) is 0 Å². The molecule has 1 amide bonds. The molecule has 0 aromatic carbocycles. The molecule has 2 aromatic heterocycles. The fourth-order valence-corrected chi connectivity index (χ4v) is 2.86. The Morgan fingerprint density at radius 2 is 2.42 bits per heavy atom. The average Bonchev–Trinajstić information content (AvgIpc) is 2.97. The topological polar surface area (TPSA) is 75.0 Å². The Labute approximate surface area is 115 Å². The number of nitrogens with two attached hydrogens (primary N) is 1. The van der Waals surface area contributed by atoms with E-state index in [0.29, 0.717) is 23.8 Å². The van der Waals surface area contributed by atoms with Crippen molar-refractivity contribution in [2.75, 3.05) is 12.8 Å². The minimum absolute atomic E-state index is 0.131. The first kappa shape index (κ1) is 12.2. The van der Waals surface area contributed by atoms with Gasteiger partial charge in [-0.3, -0.25) is 9.89 Å². The number of thiophene rings is 1. The summed E-state index contributed by atoms with van der Waals surface area (Å²) < 4.78 is 0. The number of rotatable bonds is 4. The molecular formula is C13H16N4OS. The van der Waals surface area contributed by atoms with Gasteiger partial charge in [0.05, 0.1) is 17.9 Å². The largest absolute Gasteiger partial charge is 0.395 e. The van der Waals surface area contributed by atoms with Crippen LogP contribution in [0.2, 0.25) is 0 Å². The summed E-state index contributed by atoms with van der Waals surface area (Å²) in [5.41, 5.74) is 7.81. The number of nitrogen functional groups attached to an aromatic ring is 1. The number of aromatic nitrogens is 2. The van der Waals surface area contributed by atoms with Gasteiger partial charge in [-0.05, 0) is 24.3 Å². The molecule has 100 valence electrons. The molecule has 5 nitrogen and oxygen atoms in total. The fourth-order valence-electron chi connectivity index (χ4n) is 2.10. The minimum atomic E-state index is -0.131. The Morgan fingerprint density at radius 1 is 1.63 bits per heavy atom. The lowest BCUT2D eigenvalue weighted by Crippen LogP contribution is -2.26. The highest BCUT2D eigenvalue weighted by atomic mass is 32.1. The van der Waals surface area contributed by atoms with Gasteiger partial charge >= 0.3 is 0 Å². The number of nitrogens with zero attached hydrogens (tertiary/aromatic N) is 2. The number of anilines is 1. The van der Waals surface area contributed by atoms with E-state index < -0.39 is 0 Å². The maximum Gasteiger partial charge on any atom is 0.276 e. The number of hydrogen-bond acceptors (Lipinski definition) is 4. The van der Waals surface area contributed by atoms with Crippen molar-refractivity contribution in [1.29, 1.82) is 0 Å². The third kappa shape index (κ3) is 2.35. The quantitative estimate of drug-likeness (QED) is 0.899. The highest BCUT2D eigenvalue weighted by molar-refractivity contribution is 7.09. The number of H-pyrrole nitrogens is 1. The van der Waals surface area contributed by atoms with Gasteiger partial charge in [0.2, 0.25) is 0 Å². The van der Waals surface area contributed by atoms with Gasteiger partial charge < -0.3 is 10.6 Å². The van der Waals surface area contributed by atoms with Crippen LogP contribution in [0, 0.1) is 0 Å². The van der Waals surface area contributed by atoms with Crippen molar-refractivity contribution < 1.29 is 4.79 Å². The number of carbonyl (C=O) groups is 1. The molecule has 0 radical (unpaired) electrons. The maximum absolute atomic E-state index is 12.3. The van der Waals surface area contributed by atoms with Crippen LogP contribution in [0.1, 0.15) is 39.8 Å². The Kier molecular flexibility index (Phi) is 3.02. The van der Waals surface area contributed by atoms with Crippen LogP contribution < -0.4 is 5.73 Å². The zero-order valence-corrected chi connectivity index (χ0v) is 11.5. The van der Waals surface area contributed by atoms with Crippen LogP contribution in [-0.2, 0) is 6.54 Å². The first-order valence-corrected chi connectivity index (χ1v) is 7.16. The van der Waals surface area contributed by atoms with Gasteiger partial charge in [-0.2, -0.15) is 5.10 Å². The Balaban J connectivity index is 1.75. The van der Waals surface area contributed by atoms with Crippen molar-refractivity contribution in [2.24, 2.45) is 0 Å². The molecule has 0 spiro atoms. The van der Waals surface area contributed by atoms with Gasteiger partial charge in [-0.1, -0.05) is 6.07 Å². The summed E-state index contributed by atoms with van der Waals surface area (Å²) in [4.78, 5) is 15.1. The molecule has 2 aromatic rings. The molecule has 2 heterocycles. The number of aromatic amines is 1. The van der Waals surface area contributed by atoms with Crippen LogP contribution in [0.5, 0.6) is 0 Å². The van der Waals surface area contributed by atoms with E-state index in [2.05, 4.69) is 10.2 Å². The van der Waals surface area contributed by atoms with Crippen molar-refractivity contribution in [3.63, 3.8) is 0 Å². The first-order chi connectivity index (χ1) is 9.16. The van der Waals surface area contributed by atoms with Crippen LogP contribution in [0.3, 0.4) is 0 Å². The van der Waals surface area contributed by atoms with Crippen molar-refractivity contribution in [2.45, 2.75) is 25.3 Å². The molecule has 0 aliphatic heterocycles. The monoisotopic (exact) mass is 276 g/mol. The zero-order chi connectivity index (χ0) is 13.4. The van der Waals surface area contributed by atoms with E-state index in [1.54, 1.807) is 23.3 Å². The van der Waals surface area contributed by atoms with E-state index in [4.69, 9.17) is 5.73 Å². The minimum Gasteiger partial charge on any atom is -0.395 e. The molecule has 1 saturated carbocycles. The van der Waals surface area contributed by atoms with Crippen molar-refractivity contribution in [3.8, 4) is 0 Å². The summed E-state index contributed by atoms with van der Waals surface area (Å²) in [6, 6.07) is 3.99. The summed E-state index contributed by atoms with van der Waals surface area (Å²) in [6.45, 7) is 0.585. The second-order valence-electron chi connectivity index (χ2n) is 4.91. The second-order valence-corrected chi connectivity index (χ2v) is 5.95.